The van der Waals surface area contributed by atoms with Crippen molar-refractivity contribution in [3.8, 4) is 5.75 Å². The molecule has 2 rings (SSSR count). The number of hydrogen-bond acceptors (Lipinski definition) is 4. The van der Waals surface area contributed by atoms with Crippen LogP contribution in [0, 0.1) is 5.92 Å². The van der Waals surface area contributed by atoms with Gasteiger partial charge in [0.1, 0.15) is 17.4 Å². The highest BCUT2D eigenvalue weighted by Crippen LogP contribution is 2.30. The SMILES string of the molecule is CC(C)Cc1c(OC(CCO)CCBr)c2ccccc2oc1=O. The van der Waals surface area contributed by atoms with Crippen molar-refractivity contribution in [2.75, 3.05) is 11.9 Å². The Labute approximate surface area is 144 Å². The van der Waals surface area contributed by atoms with Crippen LogP contribution in [0.4, 0.5) is 0 Å². The molecule has 0 aliphatic rings. The van der Waals surface area contributed by atoms with E-state index in [9.17, 15) is 9.90 Å². The lowest BCUT2D eigenvalue weighted by Gasteiger charge is -2.21. The number of rotatable bonds is 8. The Morgan fingerprint density at radius 1 is 1.26 bits per heavy atom. The number of benzene rings is 1. The van der Waals surface area contributed by atoms with E-state index in [2.05, 4.69) is 29.8 Å². The maximum atomic E-state index is 12.4. The Kier molecular flexibility index (Phi) is 6.66. The van der Waals surface area contributed by atoms with Gasteiger partial charge in [-0.2, -0.15) is 0 Å². The second-order valence-corrected chi connectivity index (χ2v) is 6.81. The second kappa shape index (κ2) is 8.50. The van der Waals surface area contributed by atoms with Crippen molar-refractivity contribution in [2.45, 2.75) is 39.2 Å². The molecule has 1 aromatic heterocycles. The monoisotopic (exact) mass is 382 g/mol. The quantitative estimate of drug-likeness (QED) is 0.555. The minimum atomic E-state index is -0.339. The first-order valence-corrected chi connectivity index (χ1v) is 9.07. The Hall–Kier alpha value is -1.33. The molecule has 4 nitrogen and oxygen atoms in total. The van der Waals surface area contributed by atoms with Crippen LogP contribution < -0.4 is 10.4 Å². The molecule has 2 aromatic rings. The van der Waals surface area contributed by atoms with Crippen LogP contribution in [0.5, 0.6) is 5.75 Å². The fraction of sp³-hybridized carbons (Fsp3) is 0.500. The summed E-state index contributed by atoms with van der Waals surface area (Å²) in [7, 11) is 0. The molecule has 1 N–H and O–H groups in total. The molecule has 1 aromatic carbocycles. The number of aliphatic hydroxyl groups is 1. The first kappa shape index (κ1) is 18.0. The third-order valence-corrected chi connectivity index (χ3v) is 4.09. The summed E-state index contributed by atoms with van der Waals surface area (Å²) in [6.45, 7) is 4.17. The minimum absolute atomic E-state index is 0.0521. The van der Waals surface area contributed by atoms with E-state index >= 15 is 0 Å². The smallest absolute Gasteiger partial charge is 0.343 e. The third kappa shape index (κ3) is 4.58. The van der Waals surface area contributed by atoms with Crippen LogP contribution in [0.3, 0.4) is 0 Å². The van der Waals surface area contributed by atoms with E-state index in [1.165, 1.54) is 0 Å². The largest absolute Gasteiger partial charge is 0.489 e. The maximum Gasteiger partial charge on any atom is 0.343 e. The minimum Gasteiger partial charge on any atom is -0.489 e. The summed E-state index contributed by atoms with van der Waals surface area (Å²) in [5, 5.41) is 10.8. The first-order valence-electron chi connectivity index (χ1n) is 7.95. The molecular weight excluding hydrogens is 360 g/mol. The lowest BCUT2D eigenvalue weighted by atomic mass is 10.0. The molecule has 0 radical (unpaired) electrons. The van der Waals surface area contributed by atoms with Gasteiger partial charge in [-0.15, -0.1) is 0 Å². The highest BCUT2D eigenvalue weighted by molar-refractivity contribution is 9.09. The van der Waals surface area contributed by atoms with Gasteiger partial charge in [-0.25, -0.2) is 4.79 Å². The van der Waals surface area contributed by atoms with E-state index in [4.69, 9.17) is 9.15 Å². The lowest BCUT2D eigenvalue weighted by molar-refractivity contribution is 0.151. The zero-order valence-electron chi connectivity index (χ0n) is 13.5. The van der Waals surface area contributed by atoms with E-state index < -0.39 is 0 Å². The standard InChI is InChI=1S/C18H23BrO4/c1-12(2)11-15-17(22-13(7-9-19)8-10-20)14-5-3-4-6-16(14)23-18(15)21/h3-6,12-13,20H,7-11H2,1-2H3. The van der Waals surface area contributed by atoms with Gasteiger partial charge < -0.3 is 14.3 Å². The van der Waals surface area contributed by atoms with Crippen molar-refractivity contribution >= 4 is 26.9 Å². The van der Waals surface area contributed by atoms with Crippen molar-refractivity contribution in [1.29, 1.82) is 0 Å². The highest BCUT2D eigenvalue weighted by atomic mass is 79.9. The van der Waals surface area contributed by atoms with Gasteiger partial charge in [0.15, 0.2) is 0 Å². The van der Waals surface area contributed by atoms with Crippen molar-refractivity contribution in [3.05, 3.63) is 40.2 Å². The van der Waals surface area contributed by atoms with Crippen LogP contribution in [0.15, 0.2) is 33.5 Å². The highest BCUT2D eigenvalue weighted by Gasteiger charge is 2.20. The Morgan fingerprint density at radius 2 is 2.00 bits per heavy atom. The normalized spacial score (nSPS) is 12.7. The summed E-state index contributed by atoms with van der Waals surface area (Å²) in [4.78, 5) is 12.4. The summed E-state index contributed by atoms with van der Waals surface area (Å²) in [6.07, 6.45) is 1.75. The molecular formula is C18H23BrO4. The summed E-state index contributed by atoms with van der Waals surface area (Å²) < 4.78 is 11.6. The molecule has 0 saturated heterocycles. The zero-order chi connectivity index (χ0) is 16.8. The molecule has 1 unspecified atom stereocenters. The molecule has 0 saturated carbocycles. The number of halogens is 1. The van der Waals surface area contributed by atoms with Gasteiger partial charge in [-0.3, -0.25) is 0 Å². The van der Waals surface area contributed by atoms with E-state index in [-0.39, 0.29) is 18.3 Å². The van der Waals surface area contributed by atoms with E-state index in [0.29, 0.717) is 35.7 Å². The van der Waals surface area contributed by atoms with Crippen molar-refractivity contribution in [1.82, 2.24) is 0 Å². The second-order valence-electron chi connectivity index (χ2n) is 6.02. The van der Waals surface area contributed by atoms with Crippen molar-refractivity contribution < 1.29 is 14.3 Å². The summed E-state index contributed by atoms with van der Waals surface area (Å²) >= 11 is 3.41. The van der Waals surface area contributed by atoms with Gasteiger partial charge in [0.25, 0.3) is 0 Å². The topological polar surface area (TPSA) is 59.7 Å². The average Bonchev–Trinajstić information content (AvgIpc) is 2.50. The van der Waals surface area contributed by atoms with Crippen LogP contribution in [-0.4, -0.2) is 23.1 Å². The fourth-order valence-corrected chi connectivity index (χ4v) is 3.08. The average molecular weight is 383 g/mol. The van der Waals surface area contributed by atoms with Crippen molar-refractivity contribution in [3.63, 3.8) is 0 Å². The van der Waals surface area contributed by atoms with Gasteiger partial charge in [0.05, 0.1) is 10.9 Å². The van der Waals surface area contributed by atoms with Gasteiger partial charge in [-0.1, -0.05) is 41.9 Å². The Bertz CT molecular complexity index is 687. The summed E-state index contributed by atoms with van der Waals surface area (Å²) in [6, 6.07) is 7.41. The molecule has 5 heteroatoms. The van der Waals surface area contributed by atoms with E-state index in [1.807, 2.05) is 18.2 Å². The first-order chi connectivity index (χ1) is 11.1. The number of hydrogen-bond donors (Lipinski definition) is 1. The molecule has 0 aliphatic carbocycles. The fourth-order valence-electron chi connectivity index (χ4n) is 2.57. The molecule has 0 bridgehead atoms. The molecule has 23 heavy (non-hydrogen) atoms. The van der Waals surface area contributed by atoms with Crippen LogP contribution >= 0.6 is 15.9 Å². The number of alkyl halides is 1. The van der Waals surface area contributed by atoms with E-state index in [1.54, 1.807) is 6.07 Å². The van der Waals surface area contributed by atoms with Crippen LogP contribution in [0.25, 0.3) is 11.0 Å². The van der Waals surface area contributed by atoms with Crippen molar-refractivity contribution in [2.24, 2.45) is 5.92 Å². The predicted octanol–water partition coefficient (Wildman–Crippen LogP) is 3.91. The lowest BCUT2D eigenvalue weighted by Crippen LogP contribution is -2.22. The maximum absolute atomic E-state index is 12.4. The Morgan fingerprint density at radius 3 is 2.65 bits per heavy atom. The number of fused-ring (bicyclic) bond motifs is 1. The zero-order valence-corrected chi connectivity index (χ0v) is 15.1. The predicted molar refractivity (Wildman–Crippen MR) is 95.6 cm³/mol. The van der Waals surface area contributed by atoms with Crippen LogP contribution in [0.1, 0.15) is 32.3 Å². The molecule has 0 amide bonds. The van der Waals surface area contributed by atoms with E-state index in [0.717, 1.165) is 17.1 Å². The molecule has 1 atom stereocenters. The molecule has 126 valence electrons. The van der Waals surface area contributed by atoms with Gasteiger partial charge in [0.2, 0.25) is 0 Å². The molecule has 0 fully saturated rings. The molecule has 0 spiro atoms. The van der Waals surface area contributed by atoms with Gasteiger partial charge in [-0.05, 0) is 30.9 Å². The third-order valence-electron chi connectivity index (χ3n) is 3.63. The summed E-state index contributed by atoms with van der Waals surface area (Å²) in [5.41, 5.74) is 0.770. The molecule has 1 heterocycles. The van der Waals surface area contributed by atoms with Crippen LogP contribution in [0.2, 0.25) is 0 Å². The van der Waals surface area contributed by atoms with Crippen LogP contribution in [-0.2, 0) is 6.42 Å². The summed E-state index contributed by atoms with van der Waals surface area (Å²) in [5.74, 6) is 0.916. The number of ether oxygens (including phenoxy) is 1. The number of aliphatic hydroxyl groups excluding tert-OH is 1. The number of para-hydroxylation sites is 1. The Balaban J connectivity index is 2.54. The van der Waals surface area contributed by atoms with Gasteiger partial charge >= 0.3 is 5.63 Å². The van der Waals surface area contributed by atoms with Gasteiger partial charge in [0, 0.05) is 18.4 Å². The molecule has 0 aliphatic heterocycles.